The van der Waals surface area contributed by atoms with E-state index < -0.39 is 29.4 Å². The van der Waals surface area contributed by atoms with Gasteiger partial charge in [-0.1, -0.05) is 23.2 Å². The van der Waals surface area contributed by atoms with Gasteiger partial charge in [-0.15, -0.1) is 0 Å². The first-order chi connectivity index (χ1) is 8.80. The summed E-state index contributed by atoms with van der Waals surface area (Å²) >= 11 is 10.7. The molecule has 0 aliphatic rings. The highest BCUT2D eigenvalue weighted by Crippen LogP contribution is 2.47. The Balaban J connectivity index is 3.31. The zero-order valence-electron chi connectivity index (χ0n) is 9.04. The highest BCUT2D eigenvalue weighted by molar-refractivity contribution is 6.35. The summed E-state index contributed by atoms with van der Waals surface area (Å²) in [7, 11) is 0. The first-order valence-electron chi connectivity index (χ1n) is 4.64. The monoisotopic (exact) mass is 342 g/mol. The first-order valence-corrected chi connectivity index (χ1v) is 5.39. The summed E-state index contributed by atoms with van der Waals surface area (Å²) in [5, 5.41) is -0.737. The molecule has 20 heavy (non-hydrogen) atoms. The Morgan fingerprint density at radius 2 is 1.25 bits per heavy atom. The molecule has 0 spiro atoms. The largest absolute Gasteiger partial charge is 0.460 e. The molecule has 0 N–H and O–H groups in total. The number of hydrogen-bond donors (Lipinski definition) is 0. The van der Waals surface area contributed by atoms with Crippen molar-refractivity contribution in [1.82, 2.24) is 0 Å². The van der Waals surface area contributed by atoms with Crippen LogP contribution in [0.2, 0.25) is 10.0 Å². The van der Waals surface area contributed by atoms with E-state index in [0.29, 0.717) is 12.1 Å². The number of benzene rings is 1. The van der Waals surface area contributed by atoms with Crippen LogP contribution in [-0.2, 0) is 0 Å². The number of halogens is 9. The third-order valence-electron chi connectivity index (χ3n) is 2.16. The third-order valence-corrected chi connectivity index (χ3v) is 2.60. The van der Waals surface area contributed by atoms with E-state index in [1.807, 2.05) is 0 Å². The maximum absolute atomic E-state index is 13.1. The van der Waals surface area contributed by atoms with Gasteiger partial charge in [0.05, 0.1) is 0 Å². The minimum absolute atomic E-state index is 0.369. The lowest BCUT2D eigenvalue weighted by Gasteiger charge is -2.27. The van der Waals surface area contributed by atoms with Gasteiger partial charge in [-0.3, -0.25) is 4.79 Å². The molecule has 0 radical (unpaired) electrons. The zero-order chi connectivity index (χ0) is 15.9. The summed E-state index contributed by atoms with van der Waals surface area (Å²) < 4.78 is 87.4. The van der Waals surface area contributed by atoms with E-state index >= 15 is 0 Å². The summed E-state index contributed by atoms with van der Waals surface area (Å²) in [4.78, 5) is 11.2. The standard InChI is InChI=1S/C10H3Cl2F7O/c11-5-1-4(2-6(12)3-5)7(20)8(13,14)9(15,16)10(17,18)19/h1-3H. The molecule has 0 amide bonds. The molecule has 0 heterocycles. The Labute approximate surface area is 117 Å². The van der Waals surface area contributed by atoms with Gasteiger partial charge in [-0.2, -0.15) is 30.7 Å². The van der Waals surface area contributed by atoms with Crippen LogP contribution >= 0.6 is 23.2 Å². The minimum atomic E-state index is -6.59. The molecule has 1 aromatic carbocycles. The molecule has 1 nitrogen and oxygen atoms in total. The normalized spacial score (nSPS) is 13.4. The average molecular weight is 343 g/mol. The molecular weight excluding hydrogens is 340 g/mol. The van der Waals surface area contributed by atoms with Crippen LogP contribution in [0.25, 0.3) is 0 Å². The Hall–Kier alpha value is -1.02. The van der Waals surface area contributed by atoms with Crippen LogP contribution in [0, 0.1) is 0 Å². The zero-order valence-corrected chi connectivity index (χ0v) is 10.6. The Morgan fingerprint density at radius 3 is 1.60 bits per heavy atom. The Morgan fingerprint density at radius 1 is 0.850 bits per heavy atom. The molecular formula is C10H3Cl2F7O. The van der Waals surface area contributed by atoms with Gasteiger partial charge < -0.3 is 0 Å². The van der Waals surface area contributed by atoms with Crippen LogP contribution in [0.1, 0.15) is 10.4 Å². The molecule has 0 fully saturated rings. The van der Waals surface area contributed by atoms with Gasteiger partial charge >= 0.3 is 18.0 Å². The fourth-order valence-electron chi connectivity index (χ4n) is 1.19. The molecule has 0 aromatic heterocycles. The molecule has 0 saturated carbocycles. The summed E-state index contributed by atoms with van der Waals surface area (Å²) in [6, 6.07) is 2.01. The van der Waals surface area contributed by atoms with Crippen molar-refractivity contribution >= 4 is 29.0 Å². The van der Waals surface area contributed by atoms with E-state index in [0.717, 1.165) is 6.07 Å². The van der Waals surface area contributed by atoms with Crippen molar-refractivity contribution in [3.63, 3.8) is 0 Å². The molecule has 112 valence electrons. The summed E-state index contributed by atoms with van der Waals surface area (Å²) in [5.74, 6) is -15.2. The fraction of sp³-hybridized carbons (Fsp3) is 0.300. The van der Waals surface area contributed by atoms with Crippen molar-refractivity contribution in [1.29, 1.82) is 0 Å². The van der Waals surface area contributed by atoms with Gasteiger partial charge in [0.2, 0.25) is 5.78 Å². The van der Waals surface area contributed by atoms with Crippen molar-refractivity contribution in [3.8, 4) is 0 Å². The van der Waals surface area contributed by atoms with Crippen molar-refractivity contribution in [2.24, 2.45) is 0 Å². The molecule has 0 saturated heterocycles. The van der Waals surface area contributed by atoms with E-state index in [9.17, 15) is 35.5 Å². The van der Waals surface area contributed by atoms with E-state index in [4.69, 9.17) is 23.2 Å². The van der Waals surface area contributed by atoms with Crippen LogP contribution in [-0.4, -0.2) is 23.8 Å². The number of ketones is 1. The summed E-state index contributed by atoms with van der Waals surface area (Å²) in [6.45, 7) is 0. The van der Waals surface area contributed by atoms with Crippen LogP contribution in [0.4, 0.5) is 30.7 Å². The molecule has 0 unspecified atom stereocenters. The number of alkyl halides is 7. The van der Waals surface area contributed by atoms with E-state index in [-0.39, 0.29) is 10.0 Å². The SMILES string of the molecule is O=C(c1cc(Cl)cc(Cl)c1)C(F)(F)C(F)(F)C(F)(F)F. The highest BCUT2D eigenvalue weighted by atomic mass is 35.5. The molecule has 0 bridgehead atoms. The lowest BCUT2D eigenvalue weighted by atomic mass is 10.00. The van der Waals surface area contributed by atoms with Gasteiger partial charge in [0.15, 0.2) is 0 Å². The maximum Gasteiger partial charge on any atom is 0.460 e. The van der Waals surface area contributed by atoms with Crippen LogP contribution in [0.3, 0.4) is 0 Å². The van der Waals surface area contributed by atoms with E-state index in [1.54, 1.807) is 0 Å². The third kappa shape index (κ3) is 2.85. The molecule has 0 aliphatic heterocycles. The van der Waals surface area contributed by atoms with Gasteiger partial charge in [0.25, 0.3) is 0 Å². The van der Waals surface area contributed by atoms with Crippen molar-refractivity contribution in [2.45, 2.75) is 18.0 Å². The molecule has 0 atom stereocenters. The first kappa shape index (κ1) is 17.0. The summed E-state index contributed by atoms with van der Waals surface area (Å²) in [5.41, 5.74) is -1.16. The lowest BCUT2D eigenvalue weighted by Crippen LogP contribution is -2.56. The van der Waals surface area contributed by atoms with Crippen molar-refractivity contribution in [3.05, 3.63) is 33.8 Å². The van der Waals surface area contributed by atoms with Gasteiger partial charge in [-0.05, 0) is 18.2 Å². The Kier molecular flexibility index (Phi) is 4.32. The second kappa shape index (κ2) is 5.07. The number of Topliss-reactive ketones (excluding diaryl/α,β-unsaturated/α-hetero) is 1. The van der Waals surface area contributed by atoms with Crippen LogP contribution < -0.4 is 0 Å². The number of hydrogen-bond acceptors (Lipinski definition) is 1. The van der Waals surface area contributed by atoms with E-state index in [1.165, 1.54) is 0 Å². The van der Waals surface area contributed by atoms with Gasteiger partial charge in [0, 0.05) is 15.6 Å². The van der Waals surface area contributed by atoms with Crippen LogP contribution in [0.15, 0.2) is 18.2 Å². The highest BCUT2D eigenvalue weighted by Gasteiger charge is 2.76. The minimum Gasteiger partial charge on any atom is -0.287 e. The lowest BCUT2D eigenvalue weighted by molar-refractivity contribution is -0.339. The number of carbonyl (C=O) groups excluding carboxylic acids is 1. The van der Waals surface area contributed by atoms with E-state index in [2.05, 4.69) is 0 Å². The topological polar surface area (TPSA) is 17.1 Å². The molecule has 10 heteroatoms. The summed E-state index contributed by atoms with van der Waals surface area (Å²) in [6.07, 6.45) is -6.59. The number of carbonyl (C=O) groups is 1. The predicted molar refractivity (Wildman–Crippen MR) is 56.7 cm³/mol. The van der Waals surface area contributed by atoms with Crippen molar-refractivity contribution in [2.75, 3.05) is 0 Å². The predicted octanol–water partition coefficient (Wildman–Crippen LogP) is 5.01. The second-order valence-electron chi connectivity index (χ2n) is 3.63. The molecule has 1 aromatic rings. The Bertz CT molecular complexity index is 519. The van der Waals surface area contributed by atoms with Gasteiger partial charge in [0.1, 0.15) is 0 Å². The van der Waals surface area contributed by atoms with Gasteiger partial charge in [-0.25, -0.2) is 0 Å². The number of rotatable bonds is 3. The quantitative estimate of drug-likeness (QED) is 0.557. The smallest absolute Gasteiger partial charge is 0.287 e. The molecule has 1 rings (SSSR count). The fourth-order valence-corrected chi connectivity index (χ4v) is 1.71. The maximum atomic E-state index is 13.1. The molecule has 0 aliphatic carbocycles. The second-order valence-corrected chi connectivity index (χ2v) is 4.51. The average Bonchev–Trinajstić information content (AvgIpc) is 2.24. The van der Waals surface area contributed by atoms with Crippen molar-refractivity contribution < 1.29 is 35.5 Å². The van der Waals surface area contributed by atoms with Crippen LogP contribution in [0.5, 0.6) is 0 Å².